The molecule has 0 unspecified atom stereocenters. The summed E-state index contributed by atoms with van der Waals surface area (Å²) in [4.78, 5) is 14.6. The Bertz CT molecular complexity index is 674. The number of rotatable bonds is 3. The van der Waals surface area contributed by atoms with E-state index in [-0.39, 0.29) is 10.8 Å². The third-order valence-electron chi connectivity index (χ3n) is 4.44. The molecule has 0 saturated carbocycles. The number of aromatic nitrogens is 2. The number of aromatic amines is 1. The van der Waals surface area contributed by atoms with Crippen molar-refractivity contribution in [1.29, 1.82) is 0 Å². The van der Waals surface area contributed by atoms with Gasteiger partial charge in [0.25, 0.3) is 0 Å². The van der Waals surface area contributed by atoms with Crippen LogP contribution in [0.15, 0.2) is 4.90 Å². The van der Waals surface area contributed by atoms with E-state index in [0.717, 1.165) is 0 Å². The zero-order chi connectivity index (χ0) is 16.6. The smallest absolute Gasteiger partial charge is 0.247 e. The standard InChI is InChI=1S/C14H22N4O4S/c1-10-13(11(2)16-15-10)23(20,21)18-5-3-4-12(18)14(19)17-6-8-22-9-7-17/h12H,3-9H2,1-2H3,(H,15,16)/t12-/m1/s1. The quantitative estimate of drug-likeness (QED) is 0.837. The van der Waals surface area contributed by atoms with Crippen molar-refractivity contribution in [2.75, 3.05) is 32.8 Å². The second-order valence-electron chi connectivity index (χ2n) is 5.97. The maximum atomic E-state index is 13.0. The van der Waals surface area contributed by atoms with E-state index in [4.69, 9.17) is 4.74 Å². The number of nitrogens with one attached hydrogen (secondary N) is 1. The van der Waals surface area contributed by atoms with Crippen molar-refractivity contribution in [2.45, 2.75) is 37.6 Å². The molecule has 2 aliphatic rings. The molecular weight excluding hydrogens is 320 g/mol. The largest absolute Gasteiger partial charge is 0.378 e. The van der Waals surface area contributed by atoms with Crippen LogP contribution in [-0.4, -0.2) is 72.6 Å². The van der Waals surface area contributed by atoms with Gasteiger partial charge in [-0.25, -0.2) is 8.42 Å². The molecule has 0 radical (unpaired) electrons. The molecule has 0 aliphatic carbocycles. The van der Waals surface area contributed by atoms with E-state index in [1.165, 1.54) is 4.31 Å². The van der Waals surface area contributed by atoms with E-state index in [9.17, 15) is 13.2 Å². The molecule has 2 aliphatic heterocycles. The van der Waals surface area contributed by atoms with Gasteiger partial charge < -0.3 is 9.64 Å². The Hall–Kier alpha value is -1.45. The summed E-state index contributed by atoms with van der Waals surface area (Å²) in [5.41, 5.74) is 0.943. The molecule has 1 aromatic rings. The summed E-state index contributed by atoms with van der Waals surface area (Å²) in [5, 5.41) is 6.68. The third kappa shape index (κ3) is 2.88. The van der Waals surface area contributed by atoms with Crippen LogP contribution < -0.4 is 0 Å². The number of sulfonamides is 1. The van der Waals surface area contributed by atoms with Gasteiger partial charge in [-0.2, -0.15) is 9.40 Å². The van der Waals surface area contributed by atoms with Gasteiger partial charge in [-0.05, 0) is 26.7 Å². The van der Waals surface area contributed by atoms with E-state index in [2.05, 4.69) is 10.2 Å². The van der Waals surface area contributed by atoms with Gasteiger partial charge in [0.15, 0.2) is 0 Å². The Morgan fingerprint density at radius 3 is 2.57 bits per heavy atom. The first kappa shape index (κ1) is 16.4. The highest BCUT2D eigenvalue weighted by Gasteiger charge is 2.42. The van der Waals surface area contributed by atoms with Crippen LogP contribution in [0, 0.1) is 13.8 Å². The lowest BCUT2D eigenvalue weighted by Crippen LogP contribution is -2.51. The van der Waals surface area contributed by atoms with Crippen molar-refractivity contribution >= 4 is 15.9 Å². The summed E-state index contributed by atoms with van der Waals surface area (Å²) in [6.45, 7) is 5.76. The van der Waals surface area contributed by atoms with Crippen molar-refractivity contribution in [2.24, 2.45) is 0 Å². The fourth-order valence-corrected chi connectivity index (χ4v) is 5.29. The van der Waals surface area contributed by atoms with Gasteiger partial charge in [-0.15, -0.1) is 0 Å². The first-order chi connectivity index (χ1) is 10.9. The number of aryl methyl sites for hydroxylation is 2. The number of morpholine rings is 1. The minimum atomic E-state index is -3.73. The lowest BCUT2D eigenvalue weighted by atomic mass is 10.2. The summed E-state index contributed by atoms with van der Waals surface area (Å²) in [5.74, 6) is -0.117. The molecule has 0 aromatic carbocycles. The van der Waals surface area contributed by atoms with E-state index in [0.29, 0.717) is 57.1 Å². The predicted octanol–water partition coefficient (Wildman–Crippen LogP) is 0.0384. The number of carbonyl (C=O) groups is 1. The lowest BCUT2D eigenvalue weighted by Gasteiger charge is -2.32. The highest BCUT2D eigenvalue weighted by atomic mass is 32.2. The Labute approximate surface area is 135 Å². The molecule has 1 aromatic heterocycles. The average Bonchev–Trinajstić information content (AvgIpc) is 3.15. The molecule has 2 saturated heterocycles. The summed E-state index contributed by atoms with van der Waals surface area (Å²) in [6.07, 6.45) is 1.25. The van der Waals surface area contributed by atoms with Crippen LogP contribution >= 0.6 is 0 Å². The maximum absolute atomic E-state index is 13.0. The SMILES string of the molecule is Cc1n[nH]c(C)c1S(=O)(=O)N1CCC[C@@H]1C(=O)N1CCOCC1. The van der Waals surface area contributed by atoms with Crippen LogP contribution in [0.3, 0.4) is 0 Å². The number of H-pyrrole nitrogens is 1. The molecule has 128 valence electrons. The predicted molar refractivity (Wildman–Crippen MR) is 82.4 cm³/mol. The van der Waals surface area contributed by atoms with Gasteiger partial charge in [0.05, 0.1) is 24.6 Å². The fourth-order valence-electron chi connectivity index (χ4n) is 3.31. The monoisotopic (exact) mass is 342 g/mol. The number of hydrogen-bond acceptors (Lipinski definition) is 5. The summed E-state index contributed by atoms with van der Waals surface area (Å²) in [6, 6.07) is -0.619. The number of ether oxygens (including phenoxy) is 1. The Morgan fingerprint density at radius 1 is 1.26 bits per heavy atom. The van der Waals surface area contributed by atoms with Crippen LogP contribution in [0.2, 0.25) is 0 Å². The first-order valence-corrected chi connectivity index (χ1v) is 9.27. The van der Waals surface area contributed by atoms with Crippen molar-refractivity contribution in [1.82, 2.24) is 19.4 Å². The van der Waals surface area contributed by atoms with Gasteiger partial charge >= 0.3 is 0 Å². The summed E-state index contributed by atoms with van der Waals surface area (Å²) >= 11 is 0. The second kappa shape index (κ2) is 6.21. The molecule has 0 bridgehead atoms. The van der Waals surface area contributed by atoms with Crippen LogP contribution in [-0.2, 0) is 19.6 Å². The number of carbonyl (C=O) groups excluding carboxylic acids is 1. The van der Waals surface area contributed by atoms with Gasteiger partial charge in [-0.3, -0.25) is 9.89 Å². The number of nitrogens with zero attached hydrogens (tertiary/aromatic N) is 3. The highest BCUT2D eigenvalue weighted by molar-refractivity contribution is 7.89. The molecule has 1 N–H and O–H groups in total. The Morgan fingerprint density at radius 2 is 1.96 bits per heavy atom. The summed E-state index contributed by atoms with van der Waals surface area (Å²) in [7, 11) is -3.73. The van der Waals surface area contributed by atoms with Gasteiger partial charge in [0.2, 0.25) is 15.9 Å². The molecule has 3 heterocycles. The normalized spacial score (nSPS) is 23.4. The van der Waals surface area contributed by atoms with Crippen molar-refractivity contribution in [3.8, 4) is 0 Å². The molecule has 1 atom stereocenters. The summed E-state index contributed by atoms with van der Waals surface area (Å²) < 4.78 is 32.6. The molecule has 3 rings (SSSR count). The number of hydrogen-bond donors (Lipinski definition) is 1. The molecule has 9 heteroatoms. The van der Waals surface area contributed by atoms with Gasteiger partial charge in [-0.1, -0.05) is 0 Å². The van der Waals surface area contributed by atoms with E-state index >= 15 is 0 Å². The first-order valence-electron chi connectivity index (χ1n) is 7.83. The Kier molecular flexibility index (Phi) is 4.43. The molecule has 0 spiro atoms. The van der Waals surface area contributed by atoms with Crippen molar-refractivity contribution in [3.63, 3.8) is 0 Å². The van der Waals surface area contributed by atoms with Crippen molar-refractivity contribution in [3.05, 3.63) is 11.4 Å². The van der Waals surface area contributed by atoms with E-state index in [1.54, 1.807) is 18.7 Å². The molecule has 23 heavy (non-hydrogen) atoms. The van der Waals surface area contributed by atoms with Crippen LogP contribution in [0.1, 0.15) is 24.2 Å². The highest BCUT2D eigenvalue weighted by Crippen LogP contribution is 2.29. The van der Waals surface area contributed by atoms with E-state index < -0.39 is 16.1 Å². The number of amides is 1. The van der Waals surface area contributed by atoms with Crippen LogP contribution in [0.4, 0.5) is 0 Å². The molecule has 1 amide bonds. The molecule has 8 nitrogen and oxygen atoms in total. The van der Waals surface area contributed by atoms with Crippen LogP contribution in [0.5, 0.6) is 0 Å². The zero-order valence-corrected chi connectivity index (χ0v) is 14.2. The topological polar surface area (TPSA) is 95.6 Å². The Balaban J connectivity index is 1.87. The lowest BCUT2D eigenvalue weighted by molar-refractivity contribution is -0.138. The molecule has 2 fully saturated rings. The van der Waals surface area contributed by atoms with Crippen LogP contribution in [0.25, 0.3) is 0 Å². The fraction of sp³-hybridized carbons (Fsp3) is 0.714. The second-order valence-corrected chi connectivity index (χ2v) is 7.80. The maximum Gasteiger partial charge on any atom is 0.247 e. The minimum Gasteiger partial charge on any atom is -0.378 e. The minimum absolute atomic E-state index is 0.117. The zero-order valence-electron chi connectivity index (χ0n) is 13.4. The van der Waals surface area contributed by atoms with Gasteiger partial charge in [0.1, 0.15) is 10.9 Å². The average molecular weight is 342 g/mol. The van der Waals surface area contributed by atoms with E-state index in [1.807, 2.05) is 0 Å². The van der Waals surface area contributed by atoms with Gasteiger partial charge in [0, 0.05) is 19.6 Å². The van der Waals surface area contributed by atoms with Crippen molar-refractivity contribution < 1.29 is 17.9 Å². The third-order valence-corrected chi connectivity index (χ3v) is 6.61. The molecular formula is C14H22N4O4S.